The Labute approximate surface area is 153 Å². The summed E-state index contributed by atoms with van der Waals surface area (Å²) in [6, 6.07) is 2.24. The zero-order chi connectivity index (χ0) is 19.3. The van der Waals surface area contributed by atoms with Gasteiger partial charge in [0.2, 0.25) is 21.8 Å². The van der Waals surface area contributed by atoms with Gasteiger partial charge < -0.3 is 19.5 Å². The molecule has 2 rings (SSSR count). The Morgan fingerprint density at radius 3 is 2.85 bits per heavy atom. The number of aromatic hydroxyl groups is 1. The fourth-order valence-electron chi connectivity index (χ4n) is 3.02. The summed E-state index contributed by atoms with van der Waals surface area (Å²) in [4.78, 5) is 18.1. The highest BCUT2D eigenvalue weighted by molar-refractivity contribution is 7.88. The molecule has 1 fully saturated rings. The van der Waals surface area contributed by atoms with Gasteiger partial charge >= 0.3 is 0 Å². The van der Waals surface area contributed by atoms with Crippen molar-refractivity contribution in [3.05, 3.63) is 17.7 Å². The average molecular weight is 387 g/mol. The number of amides is 1. The first-order chi connectivity index (χ1) is 12.2. The lowest BCUT2D eigenvalue weighted by molar-refractivity contribution is -0.139. The summed E-state index contributed by atoms with van der Waals surface area (Å²) < 4.78 is 36.4. The number of nitrogens with zero attached hydrogens (tertiary/aromatic N) is 2. The van der Waals surface area contributed by atoms with Gasteiger partial charge in [-0.2, -0.15) is 4.98 Å². The molecule has 1 aliphatic heterocycles. The predicted molar refractivity (Wildman–Crippen MR) is 94.5 cm³/mol. The van der Waals surface area contributed by atoms with Crippen molar-refractivity contribution in [2.75, 3.05) is 33.1 Å². The number of hydrogen-bond acceptors (Lipinski definition) is 7. The van der Waals surface area contributed by atoms with Crippen LogP contribution in [0.15, 0.2) is 12.1 Å². The second-order valence-electron chi connectivity index (χ2n) is 6.33. The molecule has 0 aromatic carbocycles. The van der Waals surface area contributed by atoms with E-state index in [1.807, 2.05) is 0 Å². The lowest BCUT2D eigenvalue weighted by Gasteiger charge is -2.40. The summed E-state index contributed by atoms with van der Waals surface area (Å²) in [7, 11) is -1.90. The van der Waals surface area contributed by atoms with Crippen LogP contribution in [0.2, 0.25) is 0 Å². The number of piperidine rings is 1. The first kappa shape index (κ1) is 20.4. The third-order valence-electron chi connectivity index (χ3n) is 4.17. The standard InChI is InChI=1S/C16H25N3O6S/c1-11-6-7-14(20)17-16(11)25-10-15(21)19-8-4-5-12(13(19)9-24-2)18-26(3,22)23/h6-7,12-13,18H,4-5,8-10H2,1-3H3,(H,17,20). The number of carbonyl (C=O) groups excluding carboxylic acids is 1. The molecule has 26 heavy (non-hydrogen) atoms. The zero-order valence-electron chi connectivity index (χ0n) is 15.1. The van der Waals surface area contributed by atoms with E-state index in [2.05, 4.69) is 9.71 Å². The van der Waals surface area contributed by atoms with Crippen molar-refractivity contribution in [3.63, 3.8) is 0 Å². The molecule has 0 saturated carbocycles. The Hall–Kier alpha value is -1.91. The van der Waals surface area contributed by atoms with Crippen LogP contribution in [0, 0.1) is 6.92 Å². The maximum atomic E-state index is 12.6. The van der Waals surface area contributed by atoms with Gasteiger partial charge in [0.05, 0.1) is 18.9 Å². The van der Waals surface area contributed by atoms with Crippen LogP contribution in [0.3, 0.4) is 0 Å². The van der Waals surface area contributed by atoms with Crippen LogP contribution in [0.4, 0.5) is 0 Å². The molecule has 2 N–H and O–H groups in total. The summed E-state index contributed by atoms with van der Waals surface area (Å²) in [5, 5.41) is 9.44. The average Bonchev–Trinajstić information content (AvgIpc) is 2.56. The Kier molecular flexibility index (Phi) is 6.79. The number of likely N-dealkylation sites (tertiary alicyclic amines) is 1. The van der Waals surface area contributed by atoms with E-state index in [9.17, 15) is 18.3 Å². The van der Waals surface area contributed by atoms with E-state index < -0.39 is 22.1 Å². The van der Waals surface area contributed by atoms with Crippen LogP contribution in [0.1, 0.15) is 18.4 Å². The van der Waals surface area contributed by atoms with Gasteiger partial charge in [-0.05, 0) is 25.8 Å². The highest BCUT2D eigenvalue weighted by Gasteiger charge is 2.35. The maximum Gasteiger partial charge on any atom is 0.260 e. The van der Waals surface area contributed by atoms with Crippen molar-refractivity contribution in [2.24, 2.45) is 0 Å². The largest absolute Gasteiger partial charge is 0.493 e. The summed E-state index contributed by atoms with van der Waals surface area (Å²) >= 11 is 0. The summed E-state index contributed by atoms with van der Waals surface area (Å²) in [6.45, 7) is 2.20. The molecule has 2 heterocycles. The number of ether oxygens (including phenoxy) is 2. The molecule has 10 heteroatoms. The monoisotopic (exact) mass is 387 g/mol. The van der Waals surface area contributed by atoms with Gasteiger partial charge in [0.1, 0.15) is 0 Å². The normalized spacial score (nSPS) is 20.8. The van der Waals surface area contributed by atoms with E-state index >= 15 is 0 Å². The highest BCUT2D eigenvalue weighted by atomic mass is 32.2. The van der Waals surface area contributed by atoms with Crippen LogP contribution in [-0.4, -0.2) is 74.5 Å². The van der Waals surface area contributed by atoms with E-state index in [4.69, 9.17) is 9.47 Å². The van der Waals surface area contributed by atoms with Gasteiger partial charge in [-0.1, -0.05) is 0 Å². The van der Waals surface area contributed by atoms with Gasteiger partial charge in [-0.15, -0.1) is 0 Å². The first-order valence-corrected chi connectivity index (χ1v) is 10.2. The van der Waals surface area contributed by atoms with E-state index in [1.165, 1.54) is 13.2 Å². The number of hydrogen-bond donors (Lipinski definition) is 2. The van der Waals surface area contributed by atoms with Crippen molar-refractivity contribution in [2.45, 2.75) is 31.8 Å². The Bertz CT molecular complexity index is 740. The minimum Gasteiger partial charge on any atom is -0.493 e. The molecule has 9 nitrogen and oxygen atoms in total. The number of sulfonamides is 1. The summed E-state index contributed by atoms with van der Waals surface area (Å²) in [5.41, 5.74) is 0.694. The van der Waals surface area contributed by atoms with Gasteiger partial charge in [0.15, 0.2) is 6.61 Å². The van der Waals surface area contributed by atoms with Crippen LogP contribution >= 0.6 is 0 Å². The zero-order valence-corrected chi connectivity index (χ0v) is 16.0. The molecule has 146 valence electrons. The molecule has 0 spiro atoms. The SMILES string of the molecule is COCC1C(NS(C)(=O)=O)CCCN1C(=O)COc1nc(O)ccc1C. The molecular weight excluding hydrogens is 362 g/mol. The number of rotatable bonds is 7. The lowest BCUT2D eigenvalue weighted by atomic mass is 9.97. The second-order valence-corrected chi connectivity index (χ2v) is 8.11. The number of pyridine rings is 1. The van der Waals surface area contributed by atoms with Crippen molar-refractivity contribution in [1.29, 1.82) is 0 Å². The number of methoxy groups -OCH3 is 1. The minimum absolute atomic E-state index is 0.185. The number of aromatic nitrogens is 1. The molecule has 2 atom stereocenters. The molecular formula is C16H25N3O6S. The first-order valence-electron chi connectivity index (χ1n) is 8.26. The molecule has 1 saturated heterocycles. The summed E-state index contributed by atoms with van der Waals surface area (Å²) in [6.07, 6.45) is 2.39. The molecule has 1 aromatic rings. The van der Waals surface area contributed by atoms with Gasteiger partial charge in [-0.25, -0.2) is 13.1 Å². The van der Waals surface area contributed by atoms with E-state index in [0.29, 0.717) is 24.9 Å². The summed E-state index contributed by atoms with van der Waals surface area (Å²) in [5.74, 6) is -0.299. The molecule has 0 aliphatic carbocycles. The minimum atomic E-state index is -3.40. The van der Waals surface area contributed by atoms with E-state index in [1.54, 1.807) is 17.9 Å². The number of carbonyl (C=O) groups is 1. The van der Waals surface area contributed by atoms with Crippen LogP contribution in [0.5, 0.6) is 11.8 Å². The third-order valence-corrected chi connectivity index (χ3v) is 4.90. The maximum absolute atomic E-state index is 12.6. The van der Waals surface area contributed by atoms with Crippen molar-refractivity contribution >= 4 is 15.9 Å². The fraction of sp³-hybridized carbons (Fsp3) is 0.625. The van der Waals surface area contributed by atoms with E-state index in [0.717, 1.165) is 6.26 Å². The third kappa shape index (κ3) is 5.55. The topological polar surface area (TPSA) is 118 Å². The van der Waals surface area contributed by atoms with Crippen LogP contribution in [0.25, 0.3) is 0 Å². The van der Waals surface area contributed by atoms with Crippen LogP contribution in [-0.2, 0) is 19.6 Å². The lowest BCUT2D eigenvalue weighted by Crippen LogP contribution is -2.59. The Morgan fingerprint density at radius 1 is 1.46 bits per heavy atom. The van der Waals surface area contributed by atoms with Crippen molar-refractivity contribution in [3.8, 4) is 11.8 Å². The Balaban J connectivity index is 2.08. The second kappa shape index (κ2) is 8.65. The van der Waals surface area contributed by atoms with Crippen LogP contribution < -0.4 is 9.46 Å². The molecule has 0 bridgehead atoms. The number of nitrogens with one attached hydrogen (secondary N) is 1. The predicted octanol–water partition coefficient (Wildman–Crippen LogP) is 0.0296. The van der Waals surface area contributed by atoms with Gasteiger partial charge in [0.25, 0.3) is 5.91 Å². The quantitative estimate of drug-likeness (QED) is 0.678. The highest BCUT2D eigenvalue weighted by Crippen LogP contribution is 2.21. The molecule has 1 aromatic heterocycles. The smallest absolute Gasteiger partial charge is 0.260 e. The molecule has 1 amide bonds. The van der Waals surface area contributed by atoms with Crippen molar-refractivity contribution < 1.29 is 27.8 Å². The molecule has 2 unspecified atom stereocenters. The fourth-order valence-corrected chi connectivity index (χ4v) is 3.84. The van der Waals surface area contributed by atoms with Gasteiger partial charge in [0, 0.05) is 31.3 Å². The van der Waals surface area contributed by atoms with Crippen molar-refractivity contribution in [1.82, 2.24) is 14.6 Å². The molecule has 0 radical (unpaired) electrons. The Morgan fingerprint density at radius 2 is 2.19 bits per heavy atom. The van der Waals surface area contributed by atoms with Gasteiger partial charge in [-0.3, -0.25) is 4.79 Å². The van der Waals surface area contributed by atoms with E-state index in [-0.39, 0.29) is 30.9 Å². The number of aryl methyl sites for hydroxylation is 1. The molecule has 1 aliphatic rings.